The van der Waals surface area contributed by atoms with Crippen LogP contribution in [0.5, 0.6) is 0 Å². The molecule has 1 aromatic heterocycles. The lowest BCUT2D eigenvalue weighted by molar-refractivity contribution is -0.0167. The van der Waals surface area contributed by atoms with Crippen LogP contribution in [0.25, 0.3) is 0 Å². The van der Waals surface area contributed by atoms with Crippen LogP contribution in [0.4, 0.5) is 0 Å². The van der Waals surface area contributed by atoms with Crippen LogP contribution in [0.3, 0.4) is 0 Å². The zero-order valence-electron chi connectivity index (χ0n) is 12.5. The first-order chi connectivity index (χ1) is 10.1. The second-order valence-electron chi connectivity index (χ2n) is 5.92. The van der Waals surface area contributed by atoms with Gasteiger partial charge < -0.3 is 14.9 Å². The topological polar surface area (TPSA) is 71.2 Å². The minimum absolute atomic E-state index is 0.327. The van der Waals surface area contributed by atoms with Crippen molar-refractivity contribution in [2.24, 2.45) is 0 Å². The van der Waals surface area contributed by atoms with Crippen molar-refractivity contribution in [3.63, 3.8) is 0 Å². The number of aromatic nitrogens is 2. The van der Waals surface area contributed by atoms with Crippen molar-refractivity contribution in [1.29, 1.82) is 0 Å². The first-order valence-corrected chi connectivity index (χ1v) is 7.39. The van der Waals surface area contributed by atoms with Gasteiger partial charge in [0.1, 0.15) is 0 Å². The molecule has 1 aliphatic rings. The lowest BCUT2D eigenvalue weighted by Gasteiger charge is -2.28. The van der Waals surface area contributed by atoms with Gasteiger partial charge in [-0.05, 0) is 49.9 Å². The maximum atomic E-state index is 10.5. The van der Waals surface area contributed by atoms with E-state index in [1.807, 2.05) is 0 Å². The molecule has 5 heteroatoms. The number of hydrogen-bond donors (Lipinski definition) is 2. The van der Waals surface area contributed by atoms with E-state index in [0.29, 0.717) is 31.1 Å². The molecule has 1 fully saturated rings. The molecule has 21 heavy (non-hydrogen) atoms. The second kappa shape index (κ2) is 5.58. The Morgan fingerprint density at radius 1 is 1.33 bits per heavy atom. The number of nitrogens with zero attached hydrogens (tertiary/aromatic N) is 2. The average molecular weight is 287 g/mol. The number of piperidine rings is 1. The molecule has 1 unspecified atom stereocenters. The number of rotatable bonds is 3. The highest BCUT2D eigenvalue weighted by molar-refractivity contribution is 5.31. The van der Waals surface area contributed by atoms with Crippen molar-refractivity contribution in [3.05, 3.63) is 46.6 Å². The molecule has 1 saturated heterocycles. The SMILES string of the molecule is Cc1ccc(Cc2noc(C3(O)CCCNC3)n2)cc1C. The Morgan fingerprint density at radius 3 is 2.90 bits per heavy atom. The smallest absolute Gasteiger partial charge is 0.259 e. The predicted octanol–water partition coefficient (Wildman–Crippen LogP) is 1.85. The Bertz CT molecular complexity index is 630. The van der Waals surface area contributed by atoms with Crippen molar-refractivity contribution < 1.29 is 9.63 Å². The zero-order chi connectivity index (χ0) is 14.9. The molecule has 0 spiro atoms. The molecule has 2 aromatic rings. The molecule has 0 bridgehead atoms. The molecule has 0 amide bonds. The van der Waals surface area contributed by atoms with E-state index in [1.54, 1.807) is 0 Å². The number of β-amino-alcohol motifs (C(OH)–C–C–N with tert-alkyl or cyclic N) is 1. The van der Waals surface area contributed by atoms with Crippen LogP contribution in [0.2, 0.25) is 0 Å². The van der Waals surface area contributed by atoms with Crippen molar-refractivity contribution >= 4 is 0 Å². The normalized spacial score (nSPS) is 22.4. The van der Waals surface area contributed by atoms with Crippen LogP contribution in [-0.2, 0) is 12.0 Å². The summed E-state index contributed by atoms with van der Waals surface area (Å²) in [5.41, 5.74) is 2.66. The summed E-state index contributed by atoms with van der Waals surface area (Å²) in [5.74, 6) is 0.945. The van der Waals surface area contributed by atoms with E-state index in [1.165, 1.54) is 11.1 Å². The Labute approximate surface area is 124 Å². The Hall–Kier alpha value is -1.72. The molecule has 1 atom stereocenters. The number of nitrogens with one attached hydrogen (secondary N) is 1. The van der Waals surface area contributed by atoms with Crippen molar-refractivity contribution in [3.8, 4) is 0 Å². The summed E-state index contributed by atoms with van der Waals surface area (Å²) in [5, 5.41) is 17.7. The Kier molecular flexibility index (Phi) is 3.78. The van der Waals surface area contributed by atoms with E-state index in [4.69, 9.17) is 4.52 Å². The largest absolute Gasteiger partial charge is 0.379 e. The third-order valence-electron chi connectivity index (χ3n) is 4.16. The van der Waals surface area contributed by atoms with Crippen LogP contribution >= 0.6 is 0 Å². The van der Waals surface area contributed by atoms with E-state index >= 15 is 0 Å². The molecular weight excluding hydrogens is 266 g/mol. The summed E-state index contributed by atoms with van der Waals surface area (Å²) in [4.78, 5) is 4.39. The van der Waals surface area contributed by atoms with Gasteiger partial charge in [-0.25, -0.2) is 0 Å². The van der Waals surface area contributed by atoms with Gasteiger partial charge in [-0.2, -0.15) is 4.98 Å². The van der Waals surface area contributed by atoms with Crippen LogP contribution in [-0.4, -0.2) is 28.3 Å². The highest BCUT2D eigenvalue weighted by atomic mass is 16.5. The summed E-state index contributed by atoms with van der Waals surface area (Å²) in [7, 11) is 0. The lowest BCUT2D eigenvalue weighted by atomic mass is 9.94. The standard InChI is InChI=1S/C16H21N3O2/c1-11-4-5-13(8-12(11)2)9-14-18-15(21-19-14)16(20)6-3-7-17-10-16/h4-5,8,17,20H,3,6-7,9-10H2,1-2H3. The van der Waals surface area contributed by atoms with Gasteiger partial charge in [0, 0.05) is 13.0 Å². The summed E-state index contributed by atoms with van der Waals surface area (Å²) >= 11 is 0. The predicted molar refractivity (Wildman–Crippen MR) is 79.0 cm³/mol. The van der Waals surface area contributed by atoms with E-state index in [9.17, 15) is 5.11 Å². The quantitative estimate of drug-likeness (QED) is 0.901. The maximum absolute atomic E-state index is 10.5. The van der Waals surface area contributed by atoms with Crippen LogP contribution < -0.4 is 5.32 Å². The first-order valence-electron chi connectivity index (χ1n) is 7.39. The van der Waals surface area contributed by atoms with Gasteiger partial charge in [0.2, 0.25) is 0 Å². The van der Waals surface area contributed by atoms with Gasteiger partial charge in [-0.15, -0.1) is 0 Å². The fourth-order valence-corrected chi connectivity index (χ4v) is 2.68. The van der Waals surface area contributed by atoms with Gasteiger partial charge >= 0.3 is 0 Å². The van der Waals surface area contributed by atoms with Gasteiger partial charge in [0.05, 0.1) is 0 Å². The third-order valence-corrected chi connectivity index (χ3v) is 4.16. The molecule has 2 N–H and O–H groups in total. The lowest BCUT2D eigenvalue weighted by Crippen LogP contribution is -2.43. The van der Waals surface area contributed by atoms with Gasteiger partial charge in [-0.3, -0.25) is 0 Å². The maximum Gasteiger partial charge on any atom is 0.259 e. The Balaban J connectivity index is 1.77. The molecule has 3 rings (SSSR count). The fraction of sp³-hybridized carbons (Fsp3) is 0.500. The van der Waals surface area contributed by atoms with E-state index in [-0.39, 0.29) is 0 Å². The monoisotopic (exact) mass is 287 g/mol. The van der Waals surface area contributed by atoms with Crippen LogP contribution in [0.15, 0.2) is 22.7 Å². The summed E-state index contributed by atoms with van der Waals surface area (Å²) < 4.78 is 5.28. The molecular formula is C16H21N3O2. The fourth-order valence-electron chi connectivity index (χ4n) is 2.68. The summed E-state index contributed by atoms with van der Waals surface area (Å²) in [6, 6.07) is 6.32. The average Bonchev–Trinajstić information content (AvgIpc) is 2.93. The summed E-state index contributed by atoms with van der Waals surface area (Å²) in [6.07, 6.45) is 2.19. The van der Waals surface area contributed by atoms with Crippen LogP contribution in [0.1, 0.15) is 41.2 Å². The van der Waals surface area contributed by atoms with Gasteiger partial charge in [0.25, 0.3) is 5.89 Å². The van der Waals surface area contributed by atoms with Gasteiger partial charge in [0.15, 0.2) is 11.4 Å². The highest BCUT2D eigenvalue weighted by Gasteiger charge is 2.36. The second-order valence-corrected chi connectivity index (χ2v) is 5.92. The minimum Gasteiger partial charge on any atom is -0.379 e. The highest BCUT2D eigenvalue weighted by Crippen LogP contribution is 2.27. The Morgan fingerprint density at radius 2 is 2.19 bits per heavy atom. The van der Waals surface area contributed by atoms with E-state index in [0.717, 1.165) is 18.5 Å². The number of hydrogen-bond acceptors (Lipinski definition) is 5. The minimum atomic E-state index is -1.02. The van der Waals surface area contributed by atoms with Crippen molar-refractivity contribution in [2.45, 2.75) is 38.7 Å². The summed E-state index contributed by atoms with van der Waals surface area (Å²) in [6.45, 7) is 5.58. The first kappa shape index (κ1) is 14.2. The zero-order valence-corrected chi connectivity index (χ0v) is 12.5. The number of benzene rings is 1. The number of aryl methyl sites for hydroxylation is 2. The molecule has 5 nitrogen and oxygen atoms in total. The van der Waals surface area contributed by atoms with E-state index in [2.05, 4.69) is 47.5 Å². The molecule has 0 radical (unpaired) electrons. The van der Waals surface area contributed by atoms with Gasteiger partial charge in [-0.1, -0.05) is 23.4 Å². The third kappa shape index (κ3) is 2.99. The molecule has 0 saturated carbocycles. The van der Waals surface area contributed by atoms with Crippen molar-refractivity contribution in [2.75, 3.05) is 13.1 Å². The molecule has 112 valence electrons. The molecule has 1 aliphatic heterocycles. The molecule has 1 aromatic carbocycles. The molecule has 2 heterocycles. The number of aliphatic hydroxyl groups is 1. The van der Waals surface area contributed by atoms with E-state index < -0.39 is 5.60 Å². The molecule has 0 aliphatic carbocycles. The van der Waals surface area contributed by atoms with Crippen molar-refractivity contribution in [1.82, 2.24) is 15.5 Å². The van der Waals surface area contributed by atoms with Crippen LogP contribution in [0, 0.1) is 13.8 Å².